The van der Waals surface area contributed by atoms with Crippen molar-refractivity contribution in [2.45, 2.75) is 35.6 Å². The number of aromatic amines is 1. The van der Waals surface area contributed by atoms with E-state index in [2.05, 4.69) is 51.4 Å². The number of aryl methyl sites for hydroxylation is 3. The van der Waals surface area contributed by atoms with Crippen LogP contribution in [0.4, 0.5) is 45.3 Å². The minimum atomic E-state index is -1.14. The molecule has 0 unspecified atom stereocenters. The molecule has 0 atom stereocenters. The van der Waals surface area contributed by atoms with Gasteiger partial charge in [-0.1, -0.05) is 118 Å². The molecule has 18 heteroatoms. The van der Waals surface area contributed by atoms with E-state index in [1.165, 1.54) is 0 Å². The number of nitrogens with one attached hydrogen (secondary N) is 1. The van der Waals surface area contributed by atoms with E-state index in [0.717, 1.165) is 5.56 Å². The number of halogens is 10. The Morgan fingerprint density at radius 2 is 0.750 bits per heavy atom. The normalized spacial score (nSPS) is 10.4. The first kappa shape index (κ1) is 54.6. The maximum Gasteiger partial charge on any atom is 0.304 e. The molecule has 0 fully saturated rings. The van der Waals surface area contributed by atoms with Crippen molar-refractivity contribution in [2.24, 2.45) is 0 Å². The highest BCUT2D eigenvalue weighted by Gasteiger charge is 2.27. The molecule has 366 valence electrons. The van der Waals surface area contributed by atoms with E-state index in [4.69, 9.17) is 6.57 Å². The highest BCUT2D eigenvalue weighted by Crippen LogP contribution is 2.43. The molecule has 9 aromatic rings. The Morgan fingerprint density at radius 3 is 1.12 bits per heavy atom. The standard InChI is InChI=1S/C18H10F3N3.C17H10BrF3N2.C17H11F3N2O.2CH4/c1-10-15(11-6-4-3-5-7-11)17(18(22-2)24-23-10)16-13(20)8-12(19)9-14(16)21;1-9-14(10-5-3-2-4-6-10)16(17(18)23-22-9)15-12(20)7-11(19)8-13(15)21;1-9-14(10-5-3-2-4-6-10)16(17(23)22-21-9)15-12(19)7-11(18)8-13(15)20;;/h3-9H,1H3;2-8H,1H3;2-8H,1H3,(H,22,23);2*1H4. The van der Waals surface area contributed by atoms with Crippen LogP contribution < -0.4 is 5.56 Å². The van der Waals surface area contributed by atoms with E-state index in [1.807, 2.05) is 18.2 Å². The summed E-state index contributed by atoms with van der Waals surface area (Å²) in [4.78, 5) is 15.4. The van der Waals surface area contributed by atoms with Crippen LogP contribution in [0.3, 0.4) is 0 Å². The summed E-state index contributed by atoms with van der Waals surface area (Å²) in [6.07, 6.45) is 0. The molecule has 6 aromatic carbocycles. The first-order valence-corrected chi connectivity index (χ1v) is 21.3. The van der Waals surface area contributed by atoms with Gasteiger partial charge in [0.1, 0.15) is 57.0 Å². The van der Waals surface area contributed by atoms with Crippen molar-refractivity contribution < 1.29 is 39.5 Å². The third kappa shape index (κ3) is 11.5. The monoisotopic (exact) mass is 1050 g/mol. The minimum Gasteiger partial charge on any atom is -0.358 e. The summed E-state index contributed by atoms with van der Waals surface area (Å²) in [5, 5.41) is 21.6. The molecule has 1 N–H and O–H groups in total. The second-order valence-electron chi connectivity index (χ2n) is 15.0. The summed E-state index contributed by atoms with van der Waals surface area (Å²) in [5.74, 6) is -9.76. The summed E-state index contributed by atoms with van der Waals surface area (Å²) in [5.41, 5.74) is 2.32. The van der Waals surface area contributed by atoms with Gasteiger partial charge in [-0.2, -0.15) is 10.2 Å². The number of nitrogens with zero attached hydrogens (tertiary/aromatic N) is 6. The number of rotatable bonds is 6. The van der Waals surface area contributed by atoms with Gasteiger partial charge < -0.3 is 4.85 Å². The Bertz CT molecular complexity index is 3450. The van der Waals surface area contributed by atoms with Crippen molar-refractivity contribution in [3.05, 3.63) is 223 Å². The largest absolute Gasteiger partial charge is 0.358 e. The Hall–Kier alpha value is -8.30. The predicted molar refractivity (Wildman–Crippen MR) is 263 cm³/mol. The molecular weight excluding hydrogens is 1010 g/mol. The van der Waals surface area contributed by atoms with Crippen LogP contribution in [0.1, 0.15) is 31.9 Å². The van der Waals surface area contributed by atoms with Crippen LogP contribution in [0, 0.1) is 79.7 Å². The Kier molecular flexibility index (Phi) is 17.9. The maximum absolute atomic E-state index is 14.3. The number of H-pyrrole nitrogens is 1. The number of aromatic nitrogens is 6. The fraction of sp³-hybridized carbons (Fsp3) is 0.0926. The van der Waals surface area contributed by atoms with Gasteiger partial charge in [-0.25, -0.2) is 44.6 Å². The van der Waals surface area contributed by atoms with E-state index in [9.17, 15) is 44.3 Å². The summed E-state index contributed by atoms with van der Waals surface area (Å²) < 4.78 is 125. The third-order valence-electron chi connectivity index (χ3n) is 10.5. The first-order valence-electron chi connectivity index (χ1n) is 20.5. The smallest absolute Gasteiger partial charge is 0.304 e. The van der Waals surface area contributed by atoms with Gasteiger partial charge in [0, 0.05) is 69.8 Å². The highest BCUT2D eigenvalue weighted by atomic mass is 79.9. The zero-order valence-electron chi connectivity index (χ0n) is 36.5. The van der Waals surface area contributed by atoms with Gasteiger partial charge in [0.15, 0.2) is 0 Å². The molecule has 72 heavy (non-hydrogen) atoms. The van der Waals surface area contributed by atoms with Crippen molar-refractivity contribution >= 4 is 21.7 Å². The van der Waals surface area contributed by atoms with Crippen molar-refractivity contribution in [1.82, 2.24) is 30.6 Å². The van der Waals surface area contributed by atoms with Gasteiger partial charge in [0.2, 0.25) is 0 Å². The van der Waals surface area contributed by atoms with Crippen LogP contribution in [-0.2, 0) is 0 Å². The van der Waals surface area contributed by atoms with E-state index in [0.29, 0.717) is 81.3 Å². The van der Waals surface area contributed by atoms with E-state index in [1.54, 1.807) is 93.6 Å². The van der Waals surface area contributed by atoms with Gasteiger partial charge >= 0.3 is 5.82 Å². The van der Waals surface area contributed by atoms with Crippen LogP contribution in [0.5, 0.6) is 0 Å². The summed E-state index contributed by atoms with van der Waals surface area (Å²) >= 11 is 3.20. The SMILES string of the molecule is C.C.Cc1n[nH]c(=O)c(-c2c(F)cc(F)cc2F)c1-c1ccccc1.Cc1nnc(Br)c(-c2c(F)cc(F)cc2F)c1-c1ccccc1.[C-]#[N+]c1nnc(C)c(-c2ccccc2)c1-c1c(F)cc(F)cc1F. The molecule has 8 nitrogen and oxygen atoms in total. The molecule has 0 aliphatic heterocycles. The van der Waals surface area contributed by atoms with E-state index >= 15 is 0 Å². The average Bonchev–Trinajstić information content (AvgIpc) is 3.32. The lowest BCUT2D eigenvalue weighted by molar-refractivity contribution is 0.546. The summed E-state index contributed by atoms with van der Waals surface area (Å²) in [6, 6.07) is 30.0. The van der Waals surface area contributed by atoms with Crippen molar-refractivity contribution in [1.29, 1.82) is 0 Å². The van der Waals surface area contributed by atoms with Gasteiger partial charge in [0.25, 0.3) is 5.56 Å². The quantitative estimate of drug-likeness (QED) is 0.131. The zero-order valence-corrected chi connectivity index (χ0v) is 38.1. The van der Waals surface area contributed by atoms with Crippen molar-refractivity contribution in [3.8, 4) is 66.8 Å². The molecule has 0 saturated heterocycles. The lowest BCUT2D eigenvalue weighted by Gasteiger charge is -2.15. The van der Waals surface area contributed by atoms with Crippen LogP contribution in [0.15, 0.2) is 137 Å². The number of hydrogen-bond acceptors (Lipinski definition) is 6. The summed E-state index contributed by atoms with van der Waals surface area (Å²) in [6.45, 7) is 12.2. The van der Waals surface area contributed by atoms with Crippen LogP contribution >= 0.6 is 15.9 Å². The number of benzene rings is 6. The molecule has 3 aromatic heterocycles. The minimum absolute atomic E-state index is 0. The van der Waals surface area contributed by atoms with Crippen LogP contribution in [0.25, 0.3) is 71.6 Å². The Labute approximate surface area is 415 Å². The lowest BCUT2D eigenvalue weighted by Crippen LogP contribution is -2.16. The third-order valence-corrected chi connectivity index (χ3v) is 11.0. The Morgan fingerprint density at radius 1 is 0.431 bits per heavy atom. The Balaban J connectivity index is 0.000000198. The molecule has 9 rings (SSSR count). The second kappa shape index (κ2) is 23.5. The van der Waals surface area contributed by atoms with E-state index in [-0.39, 0.29) is 47.5 Å². The molecular formula is C54H39BrF9N7O. The highest BCUT2D eigenvalue weighted by molar-refractivity contribution is 9.10. The average molecular weight is 1050 g/mol. The van der Waals surface area contributed by atoms with Crippen molar-refractivity contribution in [3.63, 3.8) is 0 Å². The predicted octanol–water partition coefficient (Wildman–Crippen LogP) is 15.5. The summed E-state index contributed by atoms with van der Waals surface area (Å²) in [7, 11) is 0. The van der Waals surface area contributed by atoms with Gasteiger partial charge in [-0.05, 0) is 58.5 Å². The molecule has 0 radical (unpaired) electrons. The van der Waals surface area contributed by atoms with Gasteiger partial charge in [-0.3, -0.25) is 4.79 Å². The van der Waals surface area contributed by atoms with Crippen LogP contribution in [0.2, 0.25) is 0 Å². The first-order chi connectivity index (χ1) is 33.5. The molecule has 0 bridgehead atoms. The maximum atomic E-state index is 14.3. The fourth-order valence-corrected chi connectivity index (χ4v) is 8.03. The van der Waals surface area contributed by atoms with Crippen molar-refractivity contribution in [2.75, 3.05) is 0 Å². The molecule has 3 heterocycles. The molecule has 0 aliphatic rings. The molecule has 0 saturated carbocycles. The zero-order chi connectivity index (χ0) is 50.4. The molecule has 0 amide bonds. The fourth-order valence-electron chi connectivity index (χ4n) is 7.56. The van der Waals surface area contributed by atoms with Crippen LogP contribution in [-0.4, -0.2) is 30.6 Å². The van der Waals surface area contributed by atoms with E-state index < -0.39 is 69.0 Å². The molecule has 0 spiro atoms. The number of hydrogen-bond donors (Lipinski definition) is 1. The second-order valence-corrected chi connectivity index (χ2v) is 15.8. The van der Waals surface area contributed by atoms with Gasteiger partial charge in [0.05, 0.1) is 33.8 Å². The van der Waals surface area contributed by atoms with Gasteiger partial charge in [-0.15, -0.1) is 5.10 Å². The topological polar surface area (TPSA) is 102 Å². The lowest BCUT2D eigenvalue weighted by atomic mass is 9.93. The molecule has 0 aliphatic carbocycles.